The maximum absolute atomic E-state index is 13.8. The molecular weight excluding hydrogens is 375 g/mol. The number of anilines is 1. The second-order valence-electron chi connectivity index (χ2n) is 6.68. The quantitative estimate of drug-likeness (QED) is 0.565. The molecule has 0 fully saturated rings. The summed E-state index contributed by atoms with van der Waals surface area (Å²) in [4.78, 5) is 32.1. The minimum absolute atomic E-state index is 0.0133. The fourth-order valence-corrected chi connectivity index (χ4v) is 3.69. The number of aromatic hydroxyl groups is 1. The highest BCUT2D eigenvalue weighted by Crippen LogP contribution is 2.41. The molecule has 7 heteroatoms. The first kappa shape index (κ1) is 17.1. The van der Waals surface area contributed by atoms with Crippen LogP contribution in [0.15, 0.2) is 76.1 Å². The van der Waals surface area contributed by atoms with Crippen molar-refractivity contribution in [2.75, 3.05) is 4.90 Å². The van der Waals surface area contributed by atoms with Gasteiger partial charge in [-0.25, -0.2) is 9.37 Å². The third-order valence-corrected chi connectivity index (χ3v) is 4.91. The van der Waals surface area contributed by atoms with Gasteiger partial charge in [-0.2, -0.15) is 0 Å². The van der Waals surface area contributed by atoms with Crippen molar-refractivity contribution >= 4 is 22.7 Å². The Labute approximate surface area is 163 Å². The normalized spacial score (nSPS) is 15.7. The third-order valence-electron chi connectivity index (χ3n) is 4.91. The van der Waals surface area contributed by atoms with Crippen LogP contribution in [-0.4, -0.2) is 16.0 Å². The van der Waals surface area contributed by atoms with Gasteiger partial charge in [0.1, 0.15) is 23.0 Å². The van der Waals surface area contributed by atoms with Crippen LogP contribution in [0.4, 0.5) is 10.2 Å². The Hall–Kier alpha value is -4.00. The van der Waals surface area contributed by atoms with E-state index in [0.717, 1.165) is 6.07 Å². The van der Waals surface area contributed by atoms with E-state index >= 15 is 0 Å². The van der Waals surface area contributed by atoms with E-state index in [2.05, 4.69) is 4.98 Å². The maximum atomic E-state index is 13.8. The molecule has 1 aliphatic heterocycles. The molecule has 0 saturated heterocycles. The molecule has 0 saturated carbocycles. The van der Waals surface area contributed by atoms with Crippen LogP contribution in [0, 0.1) is 5.82 Å². The molecule has 3 heterocycles. The van der Waals surface area contributed by atoms with Crippen LogP contribution in [0.1, 0.15) is 27.7 Å². The van der Waals surface area contributed by atoms with Crippen LogP contribution in [0.5, 0.6) is 5.75 Å². The summed E-state index contributed by atoms with van der Waals surface area (Å²) in [5, 5.41) is 10.00. The largest absolute Gasteiger partial charge is 0.508 e. The summed E-state index contributed by atoms with van der Waals surface area (Å²) < 4.78 is 19.5. The van der Waals surface area contributed by atoms with Gasteiger partial charge in [0, 0.05) is 6.20 Å². The number of carbonyl (C=O) groups excluding carboxylic acids is 1. The highest BCUT2D eigenvalue weighted by Gasteiger charge is 2.44. The van der Waals surface area contributed by atoms with E-state index in [9.17, 15) is 19.1 Å². The van der Waals surface area contributed by atoms with Crippen molar-refractivity contribution < 1.29 is 18.7 Å². The lowest BCUT2D eigenvalue weighted by Crippen LogP contribution is -2.30. The van der Waals surface area contributed by atoms with Gasteiger partial charge in [0.15, 0.2) is 5.43 Å². The first-order valence-electron chi connectivity index (χ1n) is 8.84. The van der Waals surface area contributed by atoms with Gasteiger partial charge in [-0.05, 0) is 48.0 Å². The molecule has 0 spiro atoms. The highest BCUT2D eigenvalue weighted by atomic mass is 19.1. The van der Waals surface area contributed by atoms with Crippen LogP contribution >= 0.6 is 0 Å². The Morgan fingerprint density at radius 2 is 1.90 bits per heavy atom. The van der Waals surface area contributed by atoms with E-state index in [0.29, 0.717) is 11.4 Å². The molecule has 4 aromatic rings. The van der Waals surface area contributed by atoms with E-state index in [1.165, 1.54) is 35.4 Å². The number of nitrogens with zero attached hydrogens (tertiary/aromatic N) is 2. The second-order valence-corrected chi connectivity index (χ2v) is 6.68. The number of phenols is 1. The van der Waals surface area contributed by atoms with Crippen molar-refractivity contribution in [3.05, 3.63) is 99.8 Å². The summed E-state index contributed by atoms with van der Waals surface area (Å²) in [7, 11) is 0. The predicted octanol–water partition coefficient (Wildman–Crippen LogP) is 3.78. The average Bonchev–Trinajstić information content (AvgIpc) is 3.02. The Kier molecular flexibility index (Phi) is 3.70. The van der Waals surface area contributed by atoms with Gasteiger partial charge in [-0.3, -0.25) is 14.5 Å². The zero-order valence-corrected chi connectivity index (χ0v) is 14.9. The van der Waals surface area contributed by atoms with E-state index in [1.54, 1.807) is 30.3 Å². The molecule has 1 aliphatic rings. The lowest BCUT2D eigenvalue weighted by molar-refractivity contribution is 0.0970. The number of phenolic OH excluding ortho intramolecular Hbond substituents is 1. The number of benzene rings is 2. The molecule has 29 heavy (non-hydrogen) atoms. The van der Waals surface area contributed by atoms with Crippen LogP contribution in [0.2, 0.25) is 0 Å². The zero-order chi connectivity index (χ0) is 20.1. The lowest BCUT2D eigenvalue weighted by atomic mass is 9.98. The molecule has 0 aliphatic carbocycles. The molecule has 2 aromatic heterocycles. The van der Waals surface area contributed by atoms with E-state index < -0.39 is 23.2 Å². The second kappa shape index (κ2) is 6.27. The summed E-state index contributed by atoms with van der Waals surface area (Å²) >= 11 is 0. The minimum Gasteiger partial charge on any atom is -0.508 e. The number of carbonyl (C=O) groups is 1. The topological polar surface area (TPSA) is 83.6 Å². The van der Waals surface area contributed by atoms with Gasteiger partial charge < -0.3 is 9.52 Å². The molecule has 0 radical (unpaired) electrons. The number of hydrogen-bond donors (Lipinski definition) is 1. The molecule has 1 atom stereocenters. The molecule has 1 amide bonds. The summed E-state index contributed by atoms with van der Waals surface area (Å²) in [5.74, 6) is -0.916. The maximum Gasteiger partial charge on any atom is 0.296 e. The third kappa shape index (κ3) is 2.59. The van der Waals surface area contributed by atoms with Crippen LogP contribution in [0.3, 0.4) is 0 Å². The standard InChI is InChI=1S/C22H13FN2O4/c23-13-7-8-16-15(11-13)20(27)18-19(12-4-3-5-14(26)10-12)25(22(28)21(18)29-16)17-6-1-2-9-24-17/h1-11,19,26H. The monoisotopic (exact) mass is 388 g/mol. The summed E-state index contributed by atoms with van der Waals surface area (Å²) in [6, 6.07) is 14.1. The molecule has 2 aromatic carbocycles. The molecule has 0 bridgehead atoms. The minimum atomic E-state index is -0.872. The van der Waals surface area contributed by atoms with Crippen molar-refractivity contribution in [3.63, 3.8) is 0 Å². The van der Waals surface area contributed by atoms with Crippen molar-refractivity contribution in [2.45, 2.75) is 6.04 Å². The first-order valence-corrected chi connectivity index (χ1v) is 8.84. The predicted molar refractivity (Wildman–Crippen MR) is 103 cm³/mol. The van der Waals surface area contributed by atoms with Gasteiger partial charge in [0.2, 0.25) is 5.76 Å². The number of pyridine rings is 1. The van der Waals surface area contributed by atoms with Crippen molar-refractivity contribution in [1.82, 2.24) is 4.98 Å². The summed E-state index contributed by atoms with van der Waals surface area (Å²) in [6.07, 6.45) is 1.53. The van der Waals surface area contributed by atoms with E-state index in [-0.39, 0.29) is 28.0 Å². The number of amides is 1. The van der Waals surface area contributed by atoms with Crippen molar-refractivity contribution in [3.8, 4) is 5.75 Å². The Morgan fingerprint density at radius 3 is 2.66 bits per heavy atom. The smallest absolute Gasteiger partial charge is 0.296 e. The summed E-state index contributed by atoms with van der Waals surface area (Å²) in [6.45, 7) is 0. The van der Waals surface area contributed by atoms with Crippen LogP contribution < -0.4 is 10.3 Å². The molecule has 1 unspecified atom stereocenters. The summed E-state index contributed by atoms with van der Waals surface area (Å²) in [5.41, 5.74) is 0.220. The van der Waals surface area contributed by atoms with Gasteiger partial charge in [0.25, 0.3) is 5.91 Å². The average molecular weight is 388 g/mol. The van der Waals surface area contributed by atoms with Gasteiger partial charge in [-0.1, -0.05) is 18.2 Å². The first-order chi connectivity index (χ1) is 14.0. The Morgan fingerprint density at radius 1 is 1.03 bits per heavy atom. The van der Waals surface area contributed by atoms with Gasteiger partial charge in [-0.15, -0.1) is 0 Å². The van der Waals surface area contributed by atoms with E-state index in [1.807, 2.05) is 0 Å². The van der Waals surface area contributed by atoms with E-state index in [4.69, 9.17) is 4.42 Å². The van der Waals surface area contributed by atoms with Crippen molar-refractivity contribution in [2.24, 2.45) is 0 Å². The van der Waals surface area contributed by atoms with Gasteiger partial charge >= 0.3 is 0 Å². The molecule has 1 N–H and O–H groups in total. The molecule has 6 nitrogen and oxygen atoms in total. The fourth-order valence-electron chi connectivity index (χ4n) is 3.69. The number of hydrogen-bond acceptors (Lipinski definition) is 5. The van der Waals surface area contributed by atoms with Crippen molar-refractivity contribution in [1.29, 1.82) is 0 Å². The van der Waals surface area contributed by atoms with Gasteiger partial charge in [0.05, 0.1) is 17.0 Å². The molecule has 142 valence electrons. The fraction of sp³-hybridized carbons (Fsp3) is 0.0455. The molecular formula is C22H13FN2O4. The number of fused-ring (bicyclic) bond motifs is 2. The number of halogens is 1. The van der Waals surface area contributed by atoms with Crippen LogP contribution in [-0.2, 0) is 0 Å². The number of aromatic nitrogens is 1. The zero-order valence-electron chi connectivity index (χ0n) is 14.9. The lowest BCUT2D eigenvalue weighted by Gasteiger charge is -2.24. The number of rotatable bonds is 2. The SMILES string of the molecule is O=C1c2oc3ccc(F)cc3c(=O)c2C(c2cccc(O)c2)N1c1ccccn1. The van der Waals surface area contributed by atoms with Crippen LogP contribution in [0.25, 0.3) is 11.0 Å². The Balaban J connectivity index is 1.84. The Bertz CT molecular complexity index is 1330. The highest BCUT2D eigenvalue weighted by molar-refractivity contribution is 6.10. The molecule has 5 rings (SSSR count).